The van der Waals surface area contributed by atoms with Crippen molar-refractivity contribution < 1.29 is 13.9 Å². The molecule has 0 aliphatic carbocycles. The number of carbonyl (C=O) groups excluding carboxylic acids is 1. The van der Waals surface area contributed by atoms with Gasteiger partial charge in [0, 0.05) is 11.6 Å². The van der Waals surface area contributed by atoms with Crippen LogP contribution in [-0.2, 0) is 9.53 Å². The molecular weight excluding hydrogens is 269 g/mol. The minimum atomic E-state index is -0.715. The Kier molecular flexibility index (Phi) is 5.06. The number of benzene rings is 2. The number of hydrogen-bond acceptors (Lipinski definition) is 3. The van der Waals surface area contributed by atoms with Crippen molar-refractivity contribution >= 4 is 5.97 Å². The summed E-state index contributed by atoms with van der Waals surface area (Å²) in [6.45, 7) is 2.01. The predicted molar refractivity (Wildman–Crippen MR) is 80.0 cm³/mol. The second-order valence-electron chi connectivity index (χ2n) is 4.72. The van der Waals surface area contributed by atoms with Crippen LogP contribution in [0, 0.1) is 5.82 Å². The highest BCUT2D eigenvalue weighted by molar-refractivity contribution is 5.71. The molecule has 2 rings (SSSR count). The van der Waals surface area contributed by atoms with Gasteiger partial charge in [0.25, 0.3) is 0 Å². The molecule has 0 aromatic heterocycles. The second kappa shape index (κ2) is 6.99. The maximum atomic E-state index is 13.9. The van der Waals surface area contributed by atoms with Gasteiger partial charge in [-0.05, 0) is 30.2 Å². The minimum absolute atomic E-state index is 0.0387. The van der Waals surface area contributed by atoms with E-state index in [1.807, 2.05) is 30.3 Å². The highest BCUT2D eigenvalue weighted by Crippen LogP contribution is 2.26. The monoisotopic (exact) mass is 287 g/mol. The number of ether oxygens (including phenoxy) is 1. The fraction of sp³-hybridized carbons (Fsp3) is 0.235. The summed E-state index contributed by atoms with van der Waals surface area (Å²) in [5.41, 5.74) is 8.10. The summed E-state index contributed by atoms with van der Waals surface area (Å²) in [6.07, 6.45) is -0.0387. The van der Waals surface area contributed by atoms with E-state index in [-0.39, 0.29) is 13.0 Å². The second-order valence-corrected chi connectivity index (χ2v) is 4.72. The summed E-state index contributed by atoms with van der Waals surface area (Å²) in [5.74, 6) is -0.832. The Labute approximate surface area is 123 Å². The van der Waals surface area contributed by atoms with Crippen molar-refractivity contribution in [3.8, 4) is 11.1 Å². The van der Waals surface area contributed by atoms with Crippen LogP contribution < -0.4 is 5.73 Å². The van der Waals surface area contributed by atoms with Crippen molar-refractivity contribution in [3.63, 3.8) is 0 Å². The Hall–Kier alpha value is -2.20. The fourth-order valence-corrected chi connectivity index (χ4v) is 2.15. The Balaban J connectivity index is 2.25. The first kappa shape index (κ1) is 15.2. The van der Waals surface area contributed by atoms with E-state index in [0.29, 0.717) is 5.56 Å². The van der Waals surface area contributed by atoms with Gasteiger partial charge in [0.2, 0.25) is 0 Å². The normalized spacial score (nSPS) is 12.0. The lowest BCUT2D eigenvalue weighted by molar-refractivity contribution is -0.143. The number of nitrogens with two attached hydrogens (primary N) is 1. The maximum absolute atomic E-state index is 13.9. The Morgan fingerprint density at radius 1 is 1.19 bits per heavy atom. The lowest BCUT2D eigenvalue weighted by Crippen LogP contribution is -2.18. The quantitative estimate of drug-likeness (QED) is 0.857. The largest absolute Gasteiger partial charge is 0.466 e. The third-order valence-electron chi connectivity index (χ3n) is 3.19. The Morgan fingerprint density at radius 3 is 2.57 bits per heavy atom. The van der Waals surface area contributed by atoms with Crippen LogP contribution in [0.25, 0.3) is 11.1 Å². The zero-order valence-corrected chi connectivity index (χ0v) is 11.9. The molecule has 0 saturated heterocycles. The van der Waals surface area contributed by atoms with E-state index in [1.54, 1.807) is 19.1 Å². The molecule has 0 heterocycles. The molecule has 0 spiro atoms. The standard InChI is InChI=1S/C17H18FNO2/c1-2-21-17(20)11-16(19)14-10-13(8-9-15(14)18)12-6-4-3-5-7-12/h3-10,16H,2,11,19H2,1H3/t16-/m0/s1. The SMILES string of the molecule is CCOC(=O)C[C@H](N)c1cc(-c2ccccc2)ccc1F. The molecule has 0 unspecified atom stereocenters. The van der Waals surface area contributed by atoms with Gasteiger partial charge < -0.3 is 10.5 Å². The van der Waals surface area contributed by atoms with E-state index in [1.165, 1.54) is 6.07 Å². The van der Waals surface area contributed by atoms with Gasteiger partial charge in [-0.15, -0.1) is 0 Å². The van der Waals surface area contributed by atoms with Crippen molar-refractivity contribution in [2.24, 2.45) is 5.73 Å². The molecule has 0 aliphatic heterocycles. The molecule has 0 aliphatic rings. The zero-order valence-electron chi connectivity index (χ0n) is 11.9. The van der Waals surface area contributed by atoms with Crippen LogP contribution in [0.1, 0.15) is 24.9 Å². The number of esters is 1. The molecule has 21 heavy (non-hydrogen) atoms. The Bertz CT molecular complexity index is 613. The van der Waals surface area contributed by atoms with Gasteiger partial charge in [0.15, 0.2) is 0 Å². The summed E-state index contributed by atoms with van der Waals surface area (Å²) < 4.78 is 18.8. The molecule has 2 aromatic carbocycles. The van der Waals surface area contributed by atoms with Crippen LogP contribution in [0.4, 0.5) is 4.39 Å². The average Bonchev–Trinajstić information content (AvgIpc) is 2.48. The first-order valence-electron chi connectivity index (χ1n) is 6.88. The van der Waals surface area contributed by atoms with E-state index in [4.69, 9.17) is 10.5 Å². The van der Waals surface area contributed by atoms with Crippen LogP contribution in [-0.4, -0.2) is 12.6 Å². The fourth-order valence-electron chi connectivity index (χ4n) is 2.15. The number of rotatable bonds is 5. The lowest BCUT2D eigenvalue weighted by atomic mass is 9.98. The van der Waals surface area contributed by atoms with Gasteiger partial charge in [0.05, 0.1) is 13.0 Å². The molecule has 0 amide bonds. The summed E-state index contributed by atoms with van der Waals surface area (Å²) in [5, 5.41) is 0. The van der Waals surface area contributed by atoms with Crippen molar-refractivity contribution in [2.75, 3.05) is 6.61 Å². The molecule has 0 radical (unpaired) electrons. The van der Waals surface area contributed by atoms with Crippen LogP contribution in [0.15, 0.2) is 48.5 Å². The van der Waals surface area contributed by atoms with E-state index >= 15 is 0 Å². The molecule has 2 aromatic rings. The number of carbonyl (C=O) groups is 1. The molecule has 1 atom stereocenters. The summed E-state index contributed by atoms with van der Waals surface area (Å²) in [4.78, 5) is 11.5. The predicted octanol–water partition coefficient (Wildman–Crippen LogP) is 3.45. The molecule has 0 saturated carbocycles. The number of halogens is 1. The molecule has 2 N–H and O–H groups in total. The topological polar surface area (TPSA) is 52.3 Å². The van der Waals surface area contributed by atoms with Crippen LogP contribution in [0.3, 0.4) is 0 Å². The van der Waals surface area contributed by atoms with E-state index < -0.39 is 17.8 Å². The Morgan fingerprint density at radius 2 is 1.90 bits per heavy atom. The lowest BCUT2D eigenvalue weighted by Gasteiger charge is -2.14. The first-order chi connectivity index (χ1) is 10.1. The van der Waals surface area contributed by atoms with Crippen LogP contribution >= 0.6 is 0 Å². The molecule has 0 bridgehead atoms. The first-order valence-corrected chi connectivity index (χ1v) is 6.88. The highest BCUT2D eigenvalue weighted by Gasteiger charge is 2.17. The number of hydrogen-bond donors (Lipinski definition) is 1. The third-order valence-corrected chi connectivity index (χ3v) is 3.19. The van der Waals surface area contributed by atoms with Crippen molar-refractivity contribution in [1.29, 1.82) is 0 Å². The summed E-state index contributed by atoms with van der Waals surface area (Å²) in [7, 11) is 0. The zero-order chi connectivity index (χ0) is 15.2. The minimum Gasteiger partial charge on any atom is -0.466 e. The maximum Gasteiger partial charge on any atom is 0.307 e. The van der Waals surface area contributed by atoms with Gasteiger partial charge in [0.1, 0.15) is 5.82 Å². The van der Waals surface area contributed by atoms with Crippen LogP contribution in [0.5, 0.6) is 0 Å². The van der Waals surface area contributed by atoms with Crippen molar-refractivity contribution in [2.45, 2.75) is 19.4 Å². The molecule has 3 nitrogen and oxygen atoms in total. The molecular formula is C17H18FNO2. The smallest absolute Gasteiger partial charge is 0.307 e. The summed E-state index contributed by atoms with van der Waals surface area (Å²) in [6, 6.07) is 13.7. The van der Waals surface area contributed by atoms with Gasteiger partial charge >= 0.3 is 5.97 Å². The molecule has 4 heteroatoms. The van der Waals surface area contributed by atoms with E-state index in [9.17, 15) is 9.18 Å². The van der Waals surface area contributed by atoms with Gasteiger partial charge in [-0.1, -0.05) is 36.4 Å². The molecule has 0 fully saturated rings. The average molecular weight is 287 g/mol. The van der Waals surface area contributed by atoms with Crippen molar-refractivity contribution in [1.82, 2.24) is 0 Å². The van der Waals surface area contributed by atoms with Gasteiger partial charge in [-0.2, -0.15) is 0 Å². The van der Waals surface area contributed by atoms with E-state index in [2.05, 4.69) is 0 Å². The third kappa shape index (κ3) is 3.89. The van der Waals surface area contributed by atoms with E-state index in [0.717, 1.165) is 11.1 Å². The van der Waals surface area contributed by atoms with Crippen LogP contribution in [0.2, 0.25) is 0 Å². The molecule has 110 valence electrons. The van der Waals surface area contributed by atoms with Crippen molar-refractivity contribution in [3.05, 3.63) is 59.9 Å². The van der Waals surface area contributed by atoms with Gasteiger partial charge in [-0.25, -0.2) is 4.39 Å². The summed E-state index contributed by atoms with van der Waals surface area (Å²) >= 11 is 0. The highest BCUT2D eigenvalue weighted by atomic mass is 19.1. The van der Waals surface area contributed by atoms with Gasteiger partial charge in [-0.3, -0.25) is 4.79 Å².